The SMILES string of the molecule is COc1ccccc1C(C)NC(=O)c1cccnc1N(C)C. The predicted octanol–water partition coefficient (Wildman–Crippen LogP) is 2.65. The fraction of sp³-hybridized carbons (Fsp3) is 0.294. The fourth-order valence-corrected chi connectivity index (χ4v) is 2.31. The topological polar surface area (TPSA) is 54.5 Å². The van der Waals surface area contributed by atoms with Gasteiger partial charge in [0, 0.05) is 25.9 Å². The Bertz CT molecular complexity index is 656. The van der Waals surface area contributed by atoms with Gasteiger partial charge >= 0.3 is 0 Å². The zero-order chi connectivity index (χ0) is 16.1. The molecule has 0 saturated heterocycles. The number of rotatable bonds is 5. The van der Waals surface area contributed by atoms with Crippen molar-refractivity contribution in [1.82, 2.24) is 10.3 Å². The molecule has 0 saturated carbocycles. The second-order valence-corrected chi connectivity index (χ2v) is 5.21. The van der Waals surface area contributed by atoms with Crippen LogP contribution in [0, 0.1) is 0 Å². The Morgan fingerprint density at radius 3 is 2.64 bits per heavy atom. The van der Waals surface area contributed by atoms with Gasteiger partial charge in [-0.1, -0.05) is 18.2 Å². The van der Waals surface area contributed by atoms with E-state index in [2.05, 4.69) is 10.3 Å². The highest BCUT2D eigenvalue weighted by Crippen LogP contribution is 2.25. The van der Waals surface area contributed by atoms with Crippen molar-refractivity contribution in [3.63, 3.8) is 0 Å². The Kier molecular flexibility index (Phi) is 4.99. The van der Waals surface area contributed by atoms with Crippen LogP contribution in [-0.4, -0.2) is 32.1 Å². The second-order valence-electron chi connectivity index (χ2n) is 5.21. The first kappa shape index (κ1) is 15.8. The van der Waals surface area contributed by atoms with Gasteiger partial charge in [-0.3, -0.25) is 4.79 Å². The molecule has 2 rings (SSSR count). The van der Waals surface area contributed by atoms with Crippen molar-refractivity contribution in [2.45, 2.75) is 13.0 Å². The maximum absolute atomic E-state index is 12.5. The maximum Gasteiger partial charge on any atom is 0.255 e. The van der Waals surface area contributed by atoms with E-state index in [-0.39, 0.29) is 11.9 Å². The zero-order valence-electron chi connectivity index (χ0n) is 13.3. The Hall–Kier alpha value is -2.56. The predicted molar refractivity (Wildman–Crippen MR) is 87.4 cm³/mol. The molecule has 116 valence electrons. The van der Waals surface area contributed by atoms with Gasteiger partial charge in [-0.2, -0.15) is 0 Å². The molecule has 1 aromatic carbocycles. The number of hydrogen-bond acceptors (Lipinski definition) is 4. The average molecular weight is 299 g/mol. The molecule has 22 heavy (non-hydrogen) atoms. The molecule has 0 aliphatic heterocycles. The van der Waals surface area contributed by atoms with Gasteiger partial charge in [0.15, 0.2) is 0 Å². The van der Waals surface area contributed by atoms with E-state index in [0.717, 1.165) is 11.3 Å². The normalized spacial score (nSPS) is 11.6. The Balaban J connectivity index is 2.22. The highest BCUT2D eigenvalue weighted by Gasteiger charge is 2.18. The van der Waals surface area contributed by atoms with Crippen LogP contribution in [0.4, 0.5) is 5.82 Å². The molecule has 2 aromatic rings. The summed E-state index contributed by atoms with van der Waals surface area (Å²) in [7, 11) is 5.35. The van der Waals surface area contributed by atoms with Gasteiger partial charge in [0.2, 0.25) is 0 Å². The van der Waals surface area contributed by atoms with Gasteiger partial charge < -0.3 is 15.0 Å². The van der Waals surface area contributed by atoms with Crippen LogP contribution < -0.4 is 15.0 Å². The standard InChI is InChI=1S/C17H21N3O2/c1-12(13-8-5-6-10-15(13)22-4)19-17(21)14-9-7-11-18-16(14)20(2)3/h5-12H,1-4H3,(H,19,21). The van der Waals surface area contributed by atoms with E-state index in [1.165, 1.54) is 0 Å². The molecule has 5 heteroatoms. The Morgan fingerprint density at radius 2 is 1.95 bits per heavy atom. The molecule has 1 amide bonds. The lowest BCUT2D eigenvalue weighted by molar-refractivity contribution is 0.0939. The number of nitrogens with zero attached hydrogens (tertiary/aromatic N) is 2. The van der Waals surface area contributed by atoms with Gasteiger partial charge in [0.25, 0.3) is 5.91 Å². The first-order chi connectivity index (χ1) is 10.5. The van der Waals surface area contributed by atoms with Crippen LogP contribution in [0.2, 0.25) is 0 Å². The van der Waals surface area contributed by atoms with E-state index in [4.69, 9.17) is 4.74 Å². The van der Waals surface area contributed by atoms with E-state index in [9.17, 15) is 4.79 Å². The summed E-state index contributed by atoms with van der Waals surface area (Å²) >= 11 is 0. The molecule has 0 bridgehead atoms. The smallest absolute Gasteiger partial charge is 0.255 e. The van der Waals surface area contributed by atoms with Crippen molar-refractivity contribution in [2.24, 2.45) is 0 Å². The summed E-state index contributed by atoms with van der Waals surface area (Å²) in [6, 6.07) is 11.0. The molecule has 1 aromatic heterocycles. The van der Waals surface area contributed by atoms with Gasteiger partial charge in [-0.15, -0.1) is 0 Å². The van der Waals surface area contributed by atoms with E-state index < -0.39 is 0 Å². The number of benzene rings is 1. The Morgan fingerprint density at radius 1 is 1.23 bits per heavy atom. The monoisotopic (exact) mass is 299 g/mol. The first-order valence-corrected chi connectivity index (χ1v) is 7.10. The molecule has 1 atom stereocenters. The van der Waals surface area contributed by atoms with Crippen LogP contribution in [-0.2, 0) is 0 Å². The number of hydrogen-bond donors (Lipinski definition) is 1. The number of methoxy groups -OCH3 is 1. The van der Waals surface area contributed by atoms with Crippen LogP contribution >= 0.6 is 0 Å². The first-order valence-electron chi connectivity index (χ1n) is 7.10. The third-order valence-corrected chi connectivity index (χ3v) is 3.41. The average Bonchev–Trinajstić information content (AvgIpc) is 2.54. The van der Waals surface area contributed by atoms with Crippen molar-refractivity contribution < 1.29 is 9.53 Å². The van der Waals surface area contributed by atoms with E-state index >= 15 is 0 Å². The fourth-order valence-electron chi connectivity index (χ4n) is 2.31. The third-order valence-electron chi connectivity index (χ3n) is 3.41. The van der Waals surface area contributed by atoms with Crippen molar-refractivity contribution >= 4 is 11.7 Å². The lowest BCUT2D eigenvalue weighted by Crippen LogP contribution is -2.29. The molecular formula is C17H21N3O2. The minimum atomic E-state index is -0.168. The molecule has 0 radical (unpaired) electrons. The number of para-hydroxylation sites is 1. The number of nitrogens with one attached hydrogen (secondary N) is 1. The lowest BCUT2D eigenvalue weighted by Gasteiger charge is -2.19. The van der Waals surface area contributed by atoms with Gasteiger partial charge in [-0.05, 0) is 25.1 Å². The van der Waals surface area contributed by atoms with Crippen LogP contribution in [0.5, 0.6) is 5.75 Å². The number of aromatic nitrogens is 1. The van der Waals surface area contributed by atoms with Crippen LogP contribution in [0.15, 0.2) is 42.6 Å². The van der Waals surface area contributed by atoms with E-state index in [0.29, 0.717) is 11.4 Å². The summed E-state index contributed by atoms with van der Waals surface area (Å²) in [6.45, 7) is 1.93. The molecule has 1 unspecified atom stereocenters. The number of carbonyl (C=O) groups is 1. The van der Waals surface area contributed by atoms with Crippen molar-refractivity contribution in [3.05, 3.63) is 53.7 Å². The molecule has 5 nitrogen and oxygen atoms in total. The van der Waals surface area contributed by atoms with E-state index in [1.807, 2.05) is 50.2 Å². The molecule has 1 heterocycles. The maximum atomic E-state index is 12.5. The lowest BCUT2D eigenvalue weighted by atomic mass is 10.1. The molecular weight excluding hydrogens is 278 g/mol. The number of anilines is 1. The van der Waals surface area contributed by atoms with Crippen LogP contribution in [0.25, 0.3) is 0 Å². The molecule has 0 aliphatic rings. The quantitative estimate of drug-likeness (QED) is 0.922. The van der Waals surface area contributed by atoms with Gasteiger partial charge in [-0.25, -0.2) is 4.98 Å². The largest absolute Gasteiger partial charge is 0.496 e. The zero-order valence-corrected chi connectivity index (χ0v) is 13.3. The Labute approximate surface area is 130 Å². The summed E-state index contributed by atoms with van der Waals surface area (Å²) in [4.78, 5) is 18.6. The number of amides is 1. The van der Waals surface area contributed by atoms with Crippen LogP contribution in [0.1, 0.15) is 28.9 Å². The summed E-state index contributed by atoms with van der Waals surface area (Å²) in [6.07, 6.45) is 1.68. The number of pyridine rings is 1. The number of ether oxygens (including phenoxy) is 1. The van der Waals surface area contributed by atoms with Crippen molar-refractivity contribution in [1.29, 1.82) is 0 Å². The van der Waals surface area contributed by atoms with Crippen molar-refractivity contribution in [3.8, 4) is 5.75 Å². The molecule has 0 aliphatic carbocycles. The van der Waals surface area contributed by atoms with Gasteiger partial charge in [0.1, 0.15) is 11.6 Å². The third kappa shape index (κ3) is 3.36. The summed E-state index contributed by atoms with van der Waals surface area (Å²) in [5.74, 6) is 1.25. The minimum Gasteiger partial charge on any atom is -0.496 e. The summed E-state index contributed by atoms with van der Waals surface area (Å²) in [5, 5.41) is 3.00. The molecule has 0 spiro atoms. The summed E-state index contributed by atoms with van der Waals surface area (Å²) in [5.41, 5.74) is 1.49. The minimum absolute atomic E-state index is 0.157. The number of carbonyl (C=O) groups excluding carboxylic acids is 1. The second kappa shape index (κ2) is 6.93. The highest BCUT2D eigenvalue weighted by atomic mass is 16.5. The highest BCUT2D eigenvalue weighted by molar-refractivity contribution is 5.99. The van der Waals surface area contributed by atoms with Gasteiger partial charge in [0.05, 0.1) is 18.7 Å². The molecule has 0 fully saturated rings. The molecule has 1 N–H and O–H groups in total. The van der Waals surface area contributed by atoms with Crippen LogP contribution in [0.3, 0.4) is 0 Å². The van der Waals surface area contributed by atoms with E-state index in [1.54, 1.807) is 25.4 Å². The summed E-state index contributed by atoms with van der Waals surface area (Å²) < 4.78 is 5.34. The van der Waals surface area contributed by atoms with Crippen molar-refractivity contribution in [2.75, 3.05) is 26.1 Å².